The molecule has 0 fully saturated rings. The Bertz CT molecular complexity index is 1340. The Morgan fingerprint density at radius 2 is 1.81 bits per heavy atom. The number of hydrogen-bond acceptors (Lipinski definition) is 3. The van der Waals surface area contributed by atoms with Gasteiger partial charge >= 0.3 is 0 Å². The summed E-state index contributed by atoms with van der Waals surface area (Å²) >= 11 is 0. The highest BCUT2D eigenvalue weighted by Crippen LogP contribution is 2.47. The van der Waals surface area contributed by atoms with Gasteiger partial charge in [-0.15, -0.1) is 0 Å². The van der Waals surface area contributed by atoms with Gasteiger partial charge in [-0.3, -0.25) is 0 Å². The van der Waals surface area contributed by atoms with Gasteiger partial charge in [0.1, 0.15) is 17.2 Å². The van der Waals surface area contributed by atoms with Crippen LogP contribution in [0.15, 0.2) is 79.3 Å². The van der Waals surface area contributed by atoms with E-state index in [2.05, 4.69) is 4.98 Å². The van der Waals surface area contributed by atoms with Crippen molar-refractivity contribution in [2.24, 2.45) is 0 Å². The maximum Gasteiger partial charge on any atom is 0.133 e. The third kappa shape index (κ3) is 3.11. The zero-order chi connectivity index (χ0) is 21.6. The van der Waals surface area contributed by atoms with Gasteiger partial charge in [-0.1, -0.05) is 36.4 Å². The van der Waals surface area contributed by atoms with Crippen LogP contribution < -0.4 is 0 Å². The molecule has 1 aromatic heterocycles. The van der Waals surface area contributed by atoms with Gasteiger partial charge in [0.25, 0.3) is 0 Å². The quantitative estimate of drug-likeness (QED) is 0.518. The van der Waals surface area contributed by atoms with E-state index in [-0.39, 0.29) is 17.8 Å². The van der Waals surface area contributed by atoms with E-state index >= 15 is 0 Å². The fraction of sp³-hybridized carbons (Fsp3) is 0.120. The van der Waals surface area contributed by atoms with Crippen LogP contribution in [-0.2, 0) is 5.60 Å². The molecule has 152 valence electrons. The van der Waals surface area contributed by atoms with Crippen molar-refractivity contribution in [3.8, 4) is 17.2 Å². The summed E-state index contributed by atoms with van der Waals surface area (Å²) < 4.78 is 30.2. The normalized spacial score (nSPS) is 19.7. The largest absolute Gasteiger partial charge is 0.379 e. The van der Waals surface area contributed by atoms with Crippen LogP contribution in [0, 0.1) is 23.0 Å². The molecule has 0 bridgehead atoms. The highest BCUT2D eigenvalue weighted by atomic mass is 19.1. The van der Waals surface area contributed by atoms with Crippen LogP contribution >= 0.6 is 0 Å². The molecule has 0 unspecified atom stereocenters. The predicted octanol–water partition coefficient (Wildman–Crippen LogP) is 4.93. The summed E-state index contributed by atoms with van der Waals surface area (Å²) in [4.78, 5) is 4.17. The Labute approximate surface area is 177 Å². The average Bonchev–Trinajstić information content (AvgIpc) is 3.37. The number of aromatic nitrogens is 2. The van der Waals surface area contributed by atoms with Crippen LogP contribution in [0.5, 0.6) is 0 Å². The molecule has 1 aliphatic heterocycles. The molecule has 0 saturated carbocycles. The molecule has 2 atom stereocenters. The van der Waals surface area contributed by atoms with Crippen molar-refractivity contribution in [2.75, 3.05) is 0 Å². The minimum absolute atomic E-state index is 0.209. The summed E-state index contributed by atoms with van der Waals surface area (Å²) in [5.41, 5.74) is 1.87. The third-order valence-electron chi connectivity index (χ3n) is 5.90. The zero-order valence-electron chi connectivity index (χ0n) is 16.3. The Kier molecular flexibility index (Phi) is 4.42. The molecule has 31 heavy (non-hydrogen) atoms. The summed E-state index contributed by atoms with van der Waals surface area (Å²) in [6.07, 6.45) is 3.36. The lowest BCUT2D eigenvalue weighted by atomic mass is 9.85. The molecule has 0 spiro atoms. The molecule has 4 aromatic rings. The van der Waals surface area contributed by atoms with Crippen molar-refractivity contribution in [3.63, 3.8) is 0 Å². The molecule has 4 nitrogen and oxygen atoms in total. The maximum atomic E-state index is 14.8. The fourth-order valence-corrected chi connectivity index (χ4v) is 4.37. The molecule has 0 saturated heterocycles. The molecule has 1 aliphatic rings. The number of aliphatic hydroxyl groups is 1. The van der Waals surface area contributed by atoms with E-state index < -0.39 is 17.5 Å². The summed E-state index contributed by atoms with van der Waals surface area (Å²) in [5.74, 6) is -0.835. The minimum atomic E-state index is -1.40. The molecular weight excluding hydrogens is 396 g/mol. The first kappa shape index (κ1) is 19.2. The lowest BCUT2D eigenvalue weighted by Gasteiger charge is -2.24. The van der Waals surface area contributed by atoms with Crippen LogP contribution in [0.2, 0.25) is 0 Å². The number of nitrogens with zero attached hydrogens (tertiary/aromatic N) is 3. The number of benzene rings is 3. The number of fused-ring (bicyclic) bond motifs is 1. The van der Waals surface area contributed by atoms with Crippen molar-refractivity contribution >= 4 is 0 Å². The second kappa shape index (κ2) is 7.15. The van der Waals surface area contributed by atoms with E-state index in [0.29, 0.717) is 22.4 Å². The lowest BCUT2D eigenvalue weighted by molar-refractivity contribution is 0.0793. The maximum absolute atomic E-state index is 14.8. The monoisotopic (exact) mass is 413 g/mol. The van der Waals surface area contributed by atoms with E-state index in [1.807, 2.05) is 24.3 Å². The van der Waals surface area contributed by atoms with Crippen molar-refractivity contribution in [2.45, 2.75) is 18.1 Å². The summed E-state index contributed by atoms with van der Waals surface area (Å²) in [6, 6.07) is 19.4. The molecule has 6 heteroatoms. The number of nitriles is 1. The highest BCUT2D eigenvalue weighted by molar-refractivity contribution is 5.65. The Morgan fingerprint density at radius 3 is 2.55 bits per heavy atom. The molecule has 0 aliphatic carbocycles. The van der Waals surface area contributed by atoms with Crippen LogP contribution in [0.4, 0.5) is 8.78 Å². The number of hydrogen-bond donors (Lipinski definition) is 1. The highest BCUT2D eigenvalue weighted by Gasteiger charge is 2.45. The van der Waals surface area contributed by atoms with E-state index in [1.165, 1.54) is 18.2 Å². The van der Waals surface area contributed by atoms with Gasteiger partial charge in [-0.05, 0) is 47.0 Å². The molecule has 2 heterocycles. The summed E-state index contributed by atoms with van der Waals surface area (Å²) in [6.45, 7) is 0. The van der Waals surface area contributed by atoms with Gasteiger partial charge in [0.05, 0.1) is 35.9 Å². The summed E-state index contributed by atoms with van der Waals surface area (Å²) in [5, 5.41) is 20.8. The first-order valence-electron chi connectivity index (χ1n) is 9.80. The van der Waals surface area contributed by atoms with Gasteiger partial charge in [0.15, 0.2) is 0 Å². The molecule has 0 radical (unpaired) electrons. The number of halogens is 2. The fourth-order valence-electron chi connectivity index (χ4n) is 4.37. The minimum Gasteiger partial charge on any atom is -0.379 e. The van der Waals surface area contributed by atoms with Crippen LogP contribution in [0.25, 0.3) is 11.1 Å². The number of rotatable bonds is 3. The van der Waals surface area contributed by atoms with E-state index in [0.717, 1.165) is 5.56 Å². The van der Waals surface area contributed by atoms with Crippen molar-refractivity contribution in [1.29, 1.82) is 5.26 Å². The summed E-state index contributed by atoms with van der Waals surface area (Å²) in [7, 11) is 0. The zero-order valence-corrected chi connectivity index (χ0v) is 16.3. The van der Waals surface area contributed by atoms with Gasteiger partial charge in [-0.25, -0.2) is 13.8 Å². The van der Waals surface area contributed by atoms with Crippen LogP contribution in [0.1, 0.15) is 34.8 Å². The van der Waals surface area contributed by atoms with Crippen molar-refractivity contribution in [1.82, 2.24) is 9.55 Å². The van der Waals surface area contributed by atoms with Crippen molar-refractivity contribution in [3.05, 3.63) is 113 Å². The van der Waals surface area contributed by atoms with E-state index in [1.54, 1.807) is 47.4 Å². The van der Waals surface area contributed by atoms with Crippen LogP contribution in [-0.4, -0.2) is 14.7 Å². The Hall–Kier alpha value is -3.82. The molecule has 5 rings (SSSR count). The standard InChI is InChI=1S/C25H17F2N3O/c26-20-6-2-4-18(11-20)17-3-1-5-19(10-17)25(31)12-23(30-15-29-14-24(25)30)21-8-7-16(13-28)9-22(21)27/h1-11,14-15,23,31H,12H2/t23-,25+/m1/s1. The van der Waals surface area contributed by atoms with Crippen LogP contribution in [0.3, 0.4) is 0 Å². The molecular formula is C25H17F2N3O. The predicted molar refractivity (Wildman–Crippen MR) is 111 cm³/mol. The second-order valence-corrected chi connectivity index (χ2v) is 7.71. The third-order valence-corrected chi connectivity index (χ3v) is 5.90. The molecule has 1 N–H and O–H groups in total. The molecule has 3 aromatic carbocycles. The van der Waals surface area contributed by atoms with Gasteiger partial charge in [-0.2, -0.15) is 5.26 Å². The van der Waals surface area contributed by atoms with Gasteiger partial charge in [0.2, 0.25) is 0 Å². The number of imidazole rings is 1. The SMILES string of the molecule is N#Cc1ccc([C@H]2C[C@](O)(c3cccc(-c4cccc(F)c4)c3)c3cncn32)c(F)c1. The Morgan fingerprint density at radius 1 is 1.03 bits per heavy atom. The van der Waals surface area contributed by atoms with E-state index in [4.69, 9.17) is 5.26 Å². The van der Waals surface area contributed by atoms with Gasteiger partial charge < -0.3 is 9.67 Å². The van der Waals surface area contributed by atoms with Crippen molar-refractivity contribution < 1.29 is 13.9 Å². The Balaban J connectivity index is 1.59. The topological polar surface area (TPSA) is 61.8 Å². The van der Waals surface area contributed by atoms with E-state index in [9.17, 15) is 13.9 Å². The second-order valence-electron chi connectivity index (χ2n) is 7.71. The smallest absolute Gasteiger partial charge is 0.133 e. The van der Waals surface area contributed by atoms with Gasteiger partial charge in [0, 0.05) is 12.0 Å². The lowest BCUT2D eigenvalue weighted by Crippen LogP contribution is -2.24. The molecule has 0 amide bonds. The first-order valence-corrected chi connectivity index (χ1v) is 9.80. The first-order chi connectivity index (χ1) is 15.0. The average molecular weight is 413 g/mol.